The summed E-state index contributed by atoms with van der Waals surface area (Å²) in [5.41, 5.74) is -1.00. The van der Waals surface area contributed by atoms with E-state index in [2.05, 4.69) is 15.0 Å². The number of nitrogens with zero attached hydrogens (tertiary/aromatic N) is 2. The molecule has 3 heterocycles. The molecule has 1 aromatic carbocycles. The van der Waals surface area contributed by atoms with Crippen molar-refractivity contribution in [3.8, 4) is 5.75 Å². The number of sulfonamides is 1. The lowest BCUT2D eigenvalue weighted by Gasteiger charge is -2.17. The van der Waals surface area contributed by atoms with Crippen LogP contribution in [0.5, 0.6) is 5.75 Å². The van der Waals surface area contributed by atoms with Gasteiger partial charge in [0.15, 0.2) is 0 Å². The molecule has 27 heavy (non-hydrogen) atoms. The van der Waals surface area contributed by atoms with Crippen LogP contribution in [-0.2, 0) is 10.0 Å². The average molecular weight is 388 g/mol. The molecule has 1 unspecified atom stereocenters. The zero-order valence-electron chi connectivity index (χ0n) is 14.1. The number of pyridine rings is 1. The highest BCUT2D eigenvalue weighted by Crippen LogP contribution is 2.25. The van der Waals surface area contributed by atoms with Crippen LogP contribution >= 0.6 is 0 Å². The number of hydrogen-bond donors (Lipinski definition) is 2. The first-order valence-corrected chi connectivity index (χ1v) is 9.71. The second-order valence-corrected chi connectivity index (χ2v) is 8.13. The Labute approximate surface area is 153 Å². The van der Waals surface area contributed by atoms with Crippen LogP contribution in [0.1, 0.15) is 6.42 Å². The van der Waals surface area contributed by atoms with E-state index in [4.69, 9.17) is 4.74 Å². The van der Waals surface area contributed by atoms with Crippen molar-refractivity contribution in [2.75, 3.05) is 13.1 Å². The van der Waals surface area contributed by atoms with Crippen LogP contribution in [0.25, 0.3) is 11.0 Å². The standard InChI is InChI=1S/C17H16N4O5S/c22-16-17(23)20-15-8-13(3-4-14(15)19-16)27(24,25)21-7-5-12(10-21)26-11-2-1-6-18-9-11/h1-4,6,8-9,12H,5,7,10H2,(H,19,22)(H,20,23). The predicted octanol–water partition coefficient (Wildman–Crippen LogP) is 0.453. The van der Waals surface area contributed by atoms with Gasteiger partial charge in [-0.2, -0.15) is 4.31 Å². The van der Waals surface area contributed by atoms with Crippen LogP contribution in [0.15, 0.2) is 57.2 Å². The molecule has 0 spiro atoms. The minimum absolute atomic E-state index is 0.0414. The maximum Gasteiger partial charge on any atom is 0.314 e. The van der Waals surface area contributed by atoms with E-state index >= 15 is 0 Å². The van der Waals surface area contributed by atoms with Crippen molar-refractivity contribution < 1.29 is 13.2 Å². The Balaban J connectivity index is 1.58. The smallest absolute Gasteiger partial charge is 0.314 e. The highest BCUT2D eigenvalue weighted by atomic mass is 32.2. The van der Waals surface area contributed by atoms with Gasteiger partial charge in [-0.15, -0.1) is 0 Å². The van der Waals surface area contributed by atoms with Crippen LogP contribution in [0.3, 0.4) is 0 Å². The van der Waals surface area contributed by atoms with E-state index < -0.39 is 21.1 Å². The molecule has 3 aromatic rings. The molecule has 0 saturated carbocycles. The van der Waals surface area contributed by atoms with Gasteiger partial charge in [-0.3, -0.25) is 14.6 Å². The summed E-state index contributed by atoms with van der Waals surface area (Å²) >= 11 is 0. The van der Waals surface area contributed by atoms with Crippen molar-refractivity contribution in [2.45, 2.75) is 17.4 Å². The van der Waals surface area contributed by atoms with Gasteiger partial charge in [0.25, 0.3) is 0 Å². The SMILES string of the molecule is O=c1[nH]c2ccc(S(=O)(=O)N3CCC(Oc4cccnc4)C3)cc2[nH]c1=O. The first-order chi connectivity index (χ1) is 12.9. The number of hydrogen-bond acceptors (Lipinski definition) is 6. The fourth-order valence-corrected chi connectivity index (χ4v) is 4.54. The predicted molar refractivity (Wildman–Crippen MR) is 97.2 cm³/mol. The fraction of sp³-hybridized carbons (Fsp3) is 0.235. The van der Waals surface area contributed by atoms with Crippen molar-refractivity contribution in [3.63, 3.8) is 0 Å². The number of ether oxygens (including phenoxy) is 1. The third-order valence-corrected chi connectivity index (χ3v) is 6.24. The van der Waals surface area contributed by atoms with Crippen LogP contribution < -0.4 is 15.9 Å². The van der Waals surface area contributed by atoms with Gasteiger partial charge in [0.1, 0.15) is 11.9 Å². The van der Waals surface area contributed by atoms with Crippen LogP contribution in [-0.4, -0.2) is 46.9 Å². The highest BCUT2D eigenvalue weighted by molar-refractivity contribution is 7.89. The molecule has 10 heteroatoms. The average Bonchev–Trinajstić information content (AvgIpc) is 3.12. The van der Waals surface area contributed by atoms with Gasteiger partial charge in [-0.1, -0.05) is 0 Å². The zero-order chi connectivity index (χ0) is 19.0. The Morgan fingerprint density at radius 1 is 1.11 bits per heavy atom. The number of aromatic amines is 2. The first kappa shape index (κ1) is 17.4. The minimum atomic E-state index is -3.75. The lowest BCUT2D eigenvalue weighted by Crippen LogP contribution is -2.31. The summed E-state index contributed by atoms with van der Waals surface area (Å²) < 4.78 is 33.0. The Morgan fingerprint density at radius 2 is 1.89 bits per heavy atom. The zero-order valence-corrected chi connectivity index (χ0v) is 14.9. The van der Waals surface area contributed by atoms with Crippen molar-refractivity contribution in [1.29, 1.82) is 0 Å². The van der Waals surface area contributed by atoms with E-state index in [1.807, 2.05) is 0 Å². The van der Waals surface area contributed by atoms with Gasteiger partial charge in [-0.25, -0.2) is 8.42 Å². The number of nitrogens with one attached hydrogen (secondary N) is 2. The largest absolute Gasteiger partial charge is 0.487 e. The van der Waals surface area contributed by atoms with Gasteiger partial charge < -0.3 is 14.7 Å². The van der Waals surface area contributed by atoms with E-state index in [0.717, 1.165) is 0 Å². The van der Waals surface area contributed by atoms with E-state index in [9.17, 15) is 18.0 Å². The quantitative estimate of drug-likeness (QED) is 0.625. The molecule has 1 atom stereocenters. The maximum absolute atomic E-state index is 12.9. The van der Waals surface area contributed by atoms with E-state index in [1.165, 1.54) is 22.5 Å². The minimum Gasteiger partial charge on any atom is -0.487 e. The molecule has 0 bridgehead atoms. The van der Waals surface area contributed by atoms with Crippen molar-refractivity contribution in [3.05, 3.63) is 63.4 Å². The lowest BCUT2D eigenvalue weighted by atomic mass is 10.3. The number of benzene rings is 1. The van der Waals surface area contributed by atoms with Crippen molar-refractivity contribution >= 4 is 21.1 Å². The maximum atomic E-state index is 12.9. The summed E-state index contributed by atoms with van der Waals surface area (Å²) in [4.78, 5) is 31.7. The molecule has 1 aliphatic rings. The summed E-state index contributed by atoms with van der Waals surface area (Å²) in [6.07, 6.45) is 3.51. The fourth-order valence-electron chi connectivity index (χ4n) is 3.02. The molecule has 2 aromatic heterocycles. The normalized spacial score (nSPS) is 18.0. The van der Waals surface area contributed by atoms with E-state index in [1.54, 1.807) is 24.5 Å². The van der Waals surface area contributed by atoms with Gasteiger partial charge >= 0.3 is 11.1 Å². The molecule has 4 rings (SSSR count). The number of H-pyrrole nitrogens is 2. The Morgan fingerprint density at radius 3 is 2.63 bits per heavy atom. The molecule has 2 N–H and O–H groups in total. The number of aromatic nitrogens is 3. The van der Waals surface area contributed by atoms with Crippen LogP contribution in [0.4, 0.5) is 0 Å². The molecule has 9 nitrogen and oxygen atoms in total. The Kier molecular flexibility index (Phi) is 4.28. The molecular formula is C17H16N4O5S. The summed E-state index contributed by atoms with van der Waals surface area (Å²) in [7, 11) is -3.75. The van der Waals surface area contributed by atoms with Crippen LogP contribution in [0.2, 0.25) is 0 Å². The van der Waals surface area contributed by atoms with E-state index in [0.29, 0.717) is 24.2 Å². The molecule has 0 radical (unpaired) electrons. The number of fused-ring (bicyclic) bond motifs is 1. The molecular weight excluding hydrogens is 372 g/mol. The molecule has 1 fully saturated rings. The summed E-state index contributed by atoms with van der Waals surface area (Å²) in [6.45, 7) is 0.546. The second kappa shape index (κ2) is 6.63. The third-order valence-electron chi connectivity index (χ3n) is 4.38. The summed E-state index contributed by atoms with van der Waals surface area (Å²) in [6, 6.07) is 7.72. The Bertz CT molecular complexity index is 1200. The lowest BCUT2D eigenvalue weighted by molar-refractivity contribution is 0.214. The van der Waals surface area contributed by atoms with Gasteiger partial charge in [0.05, 0.1) is 28.7 Å². The molecule has 1 aliphatic heterocycles. The van der Waals surface area contributed by atoms with Crippen molar-refractivity contribution in [1.82, 2.24) is 19.3 Å². The van der Waals surface area contributed by atoms with Gasteiger partial charge in [-0.05, 0) is 36.8 Å². The first-order valence-electron chi connectivity index (χ1n) is 8.27. The van der Waals surface area contributed by atoms with Gasteiger partial charge in [0, 0.05) is 12.7 Å². The van der Waals surface area contributed by atoms with Crippen LogP contribution in [0, 0.1) is 0 Å². The molecule has 0 aliphatic carbocycles. The second-order valence-electron chi connectivity index (χ2n) is 6.20. The molecule has 140 valence electrons. The third kappa shape index (κ3) is 3.36. The topological polar surface area (TPSA) is 125 Å². The summed E-state index contributed by atoms with van der Waals surface area (Å²) in [5, 5.41) is 0. The van der Waals surface area contributed by atoms with Crippen molar-refractivity contribution in [2.24, 2.45) is 0 Å². The van der Waals surface area contributed by atoms with Gasteiger partial charge in [0.2, 0.25) is 10.0 Å². The molecule has 0 amide bonds. The molecule has 1 saturated heterocycles. The van der Waals surface area contributed by atoms with E-state index in [-0.39, 0.29) is 23.1 Å². The highest BCUT2D eigenvalue weighted by Gasteiger charge is 2.33. The summed E-state index contributed by atoms with van der Waals surface area (Å²) in [5.74, 6) is 0.592. The number of rotatable bonds is 4. The Hall–Kier alpha value is -2.98. The monoisotopic (exact) mass is 388 g/mol.